The zero-order valence-corrected chi connectivity index (χ0v) is 15.0. The van der Waals surface area contributed by atoms with Gasteiger partial charge in [0.25, 0.3) is 0 Å². The summed E-state index contributed by atoms with van der Waals surface area (Å²) in [4.78, 5) is 27.0. The van der Waals surface area contributed by atoms with Crippen LogP contribution in [0.3, 0.4) is 0 Å². The van der Waals surface area contributed by atoms with Crippen LogP contribution in [0.4, 0.5) is 0 Å². The van der Waals surface area contributed by atoms with Crippen LogP contribution < -0.4 is 11.1 Å². The molecule has 1 aliphatic heterocycles. The van der Waals surface area contributed by atoms with Crippen LogP contribution in [0, 0.1) is 5.92 Å². The average Bonchev–Trinajstić information content (AvgIpc) is 2.98. The quantitative estimate of drug-likeness (QED) is 0.817. The van der Waals surface area contributed by atoms with Gasteiger partial charge in [-0.3, -0.25) is 14.5 Å². The Kier molecular flexibility index (Phi) is 5.89. The van der Waals surface area contributed by atoms with Gasteiger partial charge < -0.3 is 11.1 Å². The summed E-state index contributed by atoms with van der Waals surface area (Å²) in [6.45, 7) is 2.45. The Labute approximate surface area is 147 Å². The predicted molar refractivity (Wildman–Crippen MR) is 96.0 cm³/mol. The second kappa shape index (κ2) is 8.12. The molecule has 0 saturated carbocycles. The maximum absolute atomic E-state index is 12.4. The van der Waals surface area contributed by atoms with E-state index >= 15 is 0 Å². The molecule has 1 saturated heterocycles. The molecule has 2 heterocycles. The van der Waals surface area contributed by atoms with Crippen molar-refractivity contribution in [2.75, 3.05) is 26.2 Å². The third-order valence-corrected chi connectivity index (χ3v) is 6.23. The molecule has 1 aliphatic carbocycles. The molecular weight excluding hydrogens is 322 g/mol. The summed E-state index contributed by atoms with van der Waals surface area (Å²) in [6.07, 6.45) is 7.80. The lowest BCUT2D eigenvalue weighted by atomic mass is 9.94. The normalized spacial score (nSPS) is 21.2. The number of carbonyl (C=O) groups is 2. The number of hydrogen-bond acceptors (Lipinski definition) is 4. The molecule has 5 nitrogen and oxygen atoms in total. The zero-order valence-electron chi connectivity index (χ0n) is 14.2. The molecule has 3 rings (SSSR count). The van der Waals surface area contributed by atoms with Crippen LogP contribution >= 0.6 is 11.3 Å². The topological polar surface area (TPSA) is 75.4 Å². The zero-order chi connectivity index (χ0) is 16.9. The van der Waals surface area contributed by atoms with Crippen molar-refractivity contribution in [2.24, 2.45) is 11.7 Å². The van der Waals surface area contributed by atoms with Gasteiger partial charge in [-0.1, -0.05) is 0 Å². The van der Waals surface area contributed by atoms with Gasteiger partial charge in [0.2, 0.25) is 11.8 Å². The Hall–Kier alpha value is -1.40. The van der Waals surface area contributed by atoms with E-state index in [1.807, 2.05) is 16.2 Å². The fourth-order valence-corrected chi connectivity index (χ4v) is 5.05. The van der Waals surface area contributed by atoms with Gasteiger partial charge in [0, 0.05) is 18.0 Å². The Morgan fingerprint density at radius 2 is 2.12 bits per heavy atom. The maximum atomic E-state index is 12.4. The van der Waals surface area contributed by atoms with Gasteiger partial charge in [0.15, 0.2) is 0 Å². The molecule has 6 heteroatoms. The number of hydrogen-bond donors (Lipinski definition) is 2. The van der Waals surface area contributed by atoms with Crippen molar-refractivity contribution in [3.05, 3.63) is 21.4 Å². The molecule has 0 spiro atoms. The number of amides is 2. The number of piperidine rings is 1. The van der Waals surface area contributed by atoms with Gasteiger partial charge in [0.05, 0.1) is 12.5 Å². The summed E-state index contributed by atoms with van der Waals surface area (Å²) in [5, 5.41) is 5.37. The van der Waals surface area contributed by atoms with E-state index in [1.165, 1.54) is 31.2 Å². The number of nitrogens with two attached hydrogens (primary N) is 1. The highest BCUT2D eigenvalue weighted by molar-refractivity contribution is 7.10. The fourth-order valence-electron chi connectivity index (χ4n) is 3.87. The second-order valence-electron chi connectivity index (χ2n) is 6.95. The number of likely N-dealkylation sites (tertiary alicyclic amines) is 1. The average molecular weight is 350 g/mol. The van der Waals surface area contributed by atoms with Crippen molar-refractivity contribution in [3.8, 4) is 0 Å². The largest absolute Gasteiger partial charge is 0.369 e. The molecule has 1 aromatic rings. The van der Waals surface area contributed by atoms with E-state index in [-0.39, 0.29) is 24.3 Å². The number of carbonyl (C=O) groups excluding carboxylic acids is 2. The number of rotatable bonds is 6. The van der Waals surface area contributed by atoms with Crippen molar-refractivity contribution in [3.63, 3.8) is 0 Å². The summed E-state index contributed by atoms with van der Waals surface area (Å²) >= 11 is 1.88. The van der Waals surface area contributed by atoms with Crippen LogP contribution in [-0.4, -0.2) is 42.9 Å². The van der Waals surface area contributed by atoms with Gasteiger partial charge in [-0.2, -0.15) is 0 Å². The van der Waals surface area contributed by atoms with E-state index in [1.54, 1.807) is 10.4 Å². The Bertz CT molecular complexity index is 599. The highest BCUT2D eigenvalue weighted by atomic mass is 32.1. The number of thiophene rings is 1. The van der Waals surface area contributed by atoms with E-state index in [9.17, 15) is 9.59 Å². The molecule has 0 bridgehead atoms. The van der Waals surface area contributed by atoms with E-state index in [2.05, 4.69) is 10.7 Å². The highest BCUT2D eigenvalue weighted by Gasteiger charge is 2.26. The predicted octanol–water partition coefficient (Wildman–Crippen LogP) is 1.48. The van der Waals surface area contributed by atoms with E-state index in [0.29, 0.717) is 13.1 Å². The number of nitrogens with one attached hydrogen (secondary N) is 1. The monoisotopic (exact) mass is 349 g/mol. The standard InChI is InChI=1S/C18H27N3O2S/c19-17(22)11-21-9-3-4-13(10-21)18(23)20-8-7-14-12-24-16-6-2-1-5-15(14)16/h12-13H,1-11H2,(H2,19,22)(H,20,23). The minimum absolute atomic E-state index is 0.0190. The lowest BCUT2D eigenvalue weighted by Crippen LogP contribution is -2.46. The third kappa shape index (κ3) is 4.36. The lowest BCUT2D eigenvalue weighted by Gasteiger charge is -2.31. The molecule has 0 radical (unpaired) electrons. The minimum Gasteiger partial charge on any atom is -0.369 e. The second-order valence-corrected chi connectivity index (χ2v) is 7.92. The van der Waals surface area contributed by atoms with Crippen molar-refractivity contribution in [1.29, 1.82) is 0 Å². The lowest BCUT2D eigenvalue weighted by molar-refractivity contribution is -0.128. The van der Waals surface area contributed by atoms with Gasteiger partial charge in [0.1, 0.15) is 0 Å². The van der Waals surface area contributed by atoms with Crippen LogP contribution in [0.25, 0.3) is 0 Å². The van der Waals surface area contributed by atoms with Gasteiger partial charge >= 0.3 is 0 Å². The molecule has 1 atom stereocenters. The SMILES string of the molecule is NC(=O)CN1CCCC(C(=O)NCCc2csc3c2CCCC3)C1. The number of aryl methyl sites for hydroxylation is 1. The summed E-state index contributed by atoms with van der Waals surface area (Å²) in [5.74, 6) is -0.221. The molecule has 1 aromatic heterocycles. The first-order chi connectivity index (χ1) is 11.6. The highest BCUT2D eigenvalue weighted by Crippen LogP contribution is 2.30. The summed E-state index contributed by atoms with van der Waals surface area (Å²) in [7, 11) is 0. The fraction of sp³-hybridized carbons (Fsp3) is 0.667. The van der Waals surface area contributed by atoms with Gasteiger partial charge in [-0.05, 0) is 68.0 Å². The smallest absolute Gasteiger partial charge is 0.231 e. The summed E-state index contributed by atoms with van der Waals surface area (Å²) in [5.41, 5.74) is 8.23. The molecule has 2 amide bonds. The number of nitrogens with zero attached hydrogens (tertiary/aromatic N) is 1. The van der Waals surface area contributed by atoms with Crippen LogP contribution in [0.2, 0.25) is 0 Å². The van der Waals surface area contributed by atoms with Crippen LogP contribution in [0.1, 0.15) is 41.7 Å². The minimum atomic E-state index is -0.321. The number of fused-ring (bicyclic) bond motifs is 1. The van der Waals surface area contributed by atoms with Crippen molar-refractivity contribution >= 4 is 23.2 Å². The van der Waals surface area contributed by atoms with Crippen molar-refractivity contribution < 1.29 is 9.59 Å². The molecule has 0 aromatic carbocycles. The first-order valence-electron chi connectivity index (χ1n) is 9.00. The van der Waals surface area contributed by atoms with Crippen molar-refractivity contribution in [1.82, 2.24) is 10.2 Å². The Morgan fingerprint density at radius 1 is 1.29 bits per heavy atom. The van der Waals surface area contributed by atoms with Gasteiger partial charge in [-0.25, -0.2) is 0 Å². The van der Waals surface area contributed by atoms with E-state index < -0.39 is 0 Å². The number of primary amides is 1. The Morgan fingerprint density at radius 3 is 2.96 bits per heavy atom. The first-order valence-corrected chi connectivity index (χ1v) is 9.88. The van der Waals surface area contributed by atoms with Gasteiger partial charge in [-0.15, -0.1) is 11.3 Å². The molecule has 2 aliphatic rings. The van der Waals surface area contributed by atoms with E-state index in [4.69, 9.17) is 5.73 Å². The molecule has 24 heavy (non-hydrogen) atoms. The molecular formula is C18H27N3O2S. The van der Waals surface area contributed by atoms with E-state index in [0.717, 1.165) is 25.8 Å². The molecule has 1 unspecified atom stereocenters. The first kappa shape index (κ1) is 17.4. The van der Waals surface area contributed by atoms with Crippen LogP contribution in [-0.2, 0) is 28.9 Å². The molecule has 3 N–H and O–H groups in total. The van der Waals surface area contributed by atoms with Crippen LogP contribution in [0.15, 0.2) is 5.38 Å². The Balaban J connectivity index is 1.45. The molecule has 1 fully saturated rings. The third-order valence-electron chi connectivity index (χ3n) is 5.10. The van der Waals surface area contributed by atoms with Crippen LogP contribution in [0.5, 0.6) is 0 Å². The van der Waals surface area contributed by atoms with Crippen molar-refractivity contribution in [2.45, 2.75) is 44.9 Å². The summed E-state index contributed by atoms with van der Waals surface area (Å²) in [6, 6.07) is 0. The molecule has 132 valence electrons. The maximum Gasteiger partial charge on any atom is 0.231 e. The summed E-state index contributed by atoms with van der Waals surface area (Å²) < 4.78 is 0.